The minimum Gasteiger partial charge on any atom is -0.500 e. The van der Waals surface area contributed by atoms with Crippen molar-refractivity contribution < 1.29 is 23.7 Å². The lowest BCUT2D eigenvalue weighted by Crippen LogP contribution is -2.46. The molecular formula is C26H39NO5. The molecule has 0 aromatic carbocycles. The number of carbonyl (C=O) groups is 1. The van der Waals surface area contributed by atoms with Gasteiger partial charge in [-0.25, -0.2) is 0 Å². The summed E-state index contributed by atoms with van der Waals surface area (Å²) in [7, 11) is 5.56. The van der Waals surface area contributed by atoms with Gasteiger partial charge in [0, 0.05) is 36.8 Å². The Morgan fingerprint density at radius 1 is 1.25 bits per heavy atom. The number of rotatable bonds is 12. The van der Waals surface area contributed by atoms with E-state index < -0.39 is 5.79 Å². The number of nitrogens with zero attached hydrogens (tertiary/aromatic N) is 1. The molecule has 0 aromatic rings. The van der Waals surface area contributed by atoms with Gasteiger partial charge in [0.1, 0.15) is 17.8 Å². The van der Waals surface area contributed by atoms with Crippen molar-refractivity contribution in [3.63, 3.8) is 0 Å². The Labute approximate surface area is 192 Å². The topological polar surface area (TPSA) is 57.2 Å². The Hall–Kier alpha value is -1.89. The molecule has 0 N–H and O–H groups in total. The van der Waals surface area contributed by atoms with E-state index in [1.165, 1.54) is 5.57 Å². The van der Waals surface area contributed by atoms with E-state index in [2.05, 4.69) is 37.9 Å². The summed E-state index contributed by atoms with van der Waals surface area (Å²) in [6.45, 7) is 6.82. The average molecular weight is 446 g/mol. The van der Waals surface area contributed by atoms with Gasteiger partial charge in [0.15, 0.2) is 12.6 Å². The third-order valence-corrected chi connectivity index (χ3v) is 7.30. The number of methoxy groups -OCH3 is 2. The maximum atomic E-state index is 11.5. The van der Waals surface area contributed by atoms with E-state index in [9.17, 15) is 4.79 Å². The second kappa shape index (κ2) is 10.8. The van der Waals surface area contributed by atoms with Crippen LogP contribution in [0.15, 0.2) is 47.5 Å². The molecule has 6 heteroatoms. The number of aldehydes is 1. The minimum atomic E-state index is -0.502. The lowest BCUT2D eigenvalue weighted by Gasteiger charge is -2.46. The summed E-state index contributed by atoms with van der Waals surface area (Å²) in [6, 6.07) is 0. The summed E-state index contributed by atoms with van der Waals surface area (Å²) < 4.78 is 22.6. The molecule has 0 saturated carbocycles. The fourth-order valence-corrected chi connectivity index (χ4v) is 5.34. The highest BCUT2D eigenvalue weighted by molar-refractivity contribution is 5.52. The van der Waals surface area contributed by atoms with Crippen LogP contribution in [0, 0.1) is 17.3 Å². The van der Waals surface area contributed by atoms with Gasteiger partial charge in [-0.05, 0) is 50.9 Å². The Bertz CT molecular complexity index is 777. The van der Waals surface area contributed by atoms with Crippen LogP contribution in [0.4, 0.5) is 0 Å². The molecule has 6 nitrogen and oxygen atoms in total. The van der Waals surface area contributed by atoms with E-state index in [4.69, 9.17) is 18.9 Å². The van der Waals surface area contributed by atoms with E-state index >= 15 is 0 Å². The van der Waals surface area contributed by atoms with Crippen LogP contribution in [0.1, 0.15) is 46.0 Å². The molecular weight excluding hydrogens is 406 g/mol. The first-order chi connectivity index (χ1) is 15.4. The van der Waals surface area contributed by atoms with Crippen molar-refractivity contribution in [2.75, 3.05) is 41.1 Å². The van der Waals surface area contributed by atoms with Crippen LogP contribution in [0.25, 0.3) is 0 Å². The first-order valence-electron chi connectivity index (χ1n) is 11.7. The number of allylic oxidation sites excluding steroid dienone is 5. The Kier molecular flexibility index (Phi) is 8.37. The molecule has 2 aliphatic carbocycles. The van der Waals surface area contributed by atoms with Gasteiger partial charge in [-0.1, -0.05) is 31.6 Å². The zero-order valence-electron chi connectivity index (χ0n) is 20.3. The minimum absolute atomic E-state index is 0.0676. The predicted octanol–water partition coefficient (Wildman–Crippen LogP) is 4.60. The fraction of sp³-hybridized carbons (Fsp3) is 0.654. The van der Waals surface area contributed by atoms with Gasteiger partial charge in [-0.15, -0.1) is 0 Å². The average Bonchev–Trinajstić information content (AvgIpc) is 2.77. The molecule has 1 spiro atoms. The third-order valence-electron chi connectivity index (χ3n) is 7.30. The largest absolute Gasteiger partial charge is 0.500 e. The lowest BCUT2D eigenvalue weighted by atomic mass is 9.61. The second-order valence-corrected chi connectivity index (χ2v) is 9.43. The third kappa shape index (κ3) is 5.19. The van der Waals surface area contributed by atoms with Crippen LogP contribution in [0.3, 0.4) is 0 Å². The van der Waals surface area contributed by atoms with Crippen molar-refractivity contribution in [1.29, 1.82) is 0 Å². The number of hydrogen-bond acceptors (Lipinski definition) is 6. The lowest BCUT2D eigenvalue weighted by molar-refractivity contribution is -0.371. The van der Waals surface area contributed by atoms with Crippen molar-refractivity contribution in [1.82, 2.24) is 4.90 Å². The molecule has 3 rings (SSSR count). The van der Waals surface area contributed by atoms with E-state index in [1.54, 1.807) is 14.2 Å². The van der Waals surface area contributed by atoms with Gasteiger partial charge in [0.2, 0.25) is 0 Å². The molecule has 3 aliphatic rings. The molecule has 1 heterocycles. The monoisotopic (exact) mass is 445 g/mol. The highest BCUT2D eigenvalue weighted by atomic mass is 16.9. The summed E-state index contributed by atoms with van der Waals surface area (Å²) in [5.41, 5.74) is 1.15. The molecule has 0 bridgehead atoms. The molecule has 178 valence electrons. The zero-order chi connectivity index (χ0) is 23.2. The summed E-state index contributed by atoms with van der Waals surface area (Å²) in [5, 5.41) is 0. The van der Waals surface area contributed by atoms with E-state index in [1.807, 2.05) is 18.2 Å². The maximum Gasteiger partial charge on any atom is 0.197 e. The summed E-state index contributed by atoms with van der Waals surface area (Å²) in [5.74, 6) is 1.59. The van der Waals surface area contributed by atoms with Crippen molar-refractivity contribution in [2.45, 2.75) is 51.7 Å². The van der Waals surface area contributed by atoms with Crippen LogP contribution < -0.4 is 0 Å². The first kappa shape index (κ1) is 24.7. The number of carbonyl (C=O) groups excluding carboxylic acids is 1. The molecule has 0 aromatic heterocycles. The highest BCUT2D eigenvalue weighted by Crippen LogP contribution is 2.51. The van der Waals surface area contributed by atoms with Gasteiger partial charge in [0.25, 0.3) is 0 Å². The molecule has 2 unspecified atom stereocenters. The van der Waals surface area contributed by atoms with Crippen molar-refractivity contribution >= 4 is 6.29 Å². The van der Waals surface area contributed by atoms with Crippen molar-refractivity contribution in [2.24, 2.45) is 17.3 Å². The number of hydrogen-bond donors (Lipinski definition) is 0. The second-order valence-electron chi connectivity index (χ2n) is 9.43. The summed E-state index contributed by atoms with van der Waals surface area (Å²) in [4.78, 5) is 13.9. The van der Waals surface area contributed by atoms with E-state index in [0.717, 1.165) is 56.6 Å². The Morgan fingerprint density at radius 3 is 2.62 bits per heavy atom. The molecule has 1 fully saturated rings. The van der Waals surface area contributed by atoms with Crippen LogP contribution in [0.2, 0.25) is 0 Å². The highest BCUT2D eigenvalue weighted by Gasteiger charge is 2.46. The van der Waals surface area contributed by atoms with Gasteiger partial charge in [-0.3, -0.25) is 0 Å². The van der Waals surface area contributed by atoms with Gasteiger partial charge < -0.3 is 28.6 Å². The smallest absolute Gasteiger partial charge is 0.197 e. The van der Waals surface area contributed by atoms with Gasteiger partial charge in [-0.2, -0.15) is 0 Å². The van der Waals surface area contributed by atoms with Crippen molar-refractivity contribution in [3.8, 4) is 0 Å². The number of ether oxygens (including phenoxy) is 4. The fourth-order valence-electron chi connectivity index (χ4n) is 5.34. The summed E-state index contributed by atoms with van der Waals surface area (Å²) >= 11 is 0. The normalized spacial score (nSPS) is 26.5. The molecule has 1 saturated heterocycles. The molecule has 0 radical (unpaired) electrons. The van der Waals surface area contributed by atoms with E-state index in [-0.39, 0.29) is 11.3 Å². The zero-order valence-corrected chi connectivity index (χ0v) is 20.3. The standard InChI is InChI=1S/C26H39NO5/c1-20(2)26(22(10-15-28)16-23(29-4)17-24(26)30-5)12-7-13-27(3)14-9-21-8-6-11-25(18-21)31-19-32-25/h6,8,11,15-17,20,22H,7,9-10,12-14,18-19H2,1-5H3. The van der Waals surface area contributed by atoms with Crippen LogP contribution >= 0.6 is 0 Å². The molecule has 0 amide bonds. The predicted molar refractivity (Wildman–Crippen MR) is 125 cm³/mol. The SMILES string of the molecule is COC1=CC(CC=O)C(CCCN(C)CCC2=CC=CC3(C2)OCO3)(C(C)C)C(OC)=C1. The Morgan fingerprint density at radius 2 is 2.03 bits per heavy atom. The molecule has 2 atom stereocenters. The van der Waals surface area contributed by atoms with E-state index in [0.29, 0.717) is 19.1 Å². The van der Waals surface area contributed by atoms with Crippen LogP contribution in [-0.2, 0) is 23.7 Å². The molecule has 32 heavy (non-hydrogen) atoms. The quantitative estimate of drug-likeness (QED) is 0.409. The maximum absolute atomic E-state index is 11.5. The van der Waals surface area contributed by atoms with Gasteiger partial charge in [0.05, 0.1) is 14.2 Å². The summed E-state index contributed by atoms with van der Waals surface area (Å²) in [6.07, 6.45) is 15.6. The Balaban J connectivity index is 1.58. The van der Waals surface area contributed by atoms with Crippen molar-refractivity contribution in [3.05, 3.63) is 47.5 Å². The van der Waals surface area contributed by atoms with Gasteiger partial charge >= 0.3 is 0 Å². The van der Waals surface area contributed by atoms with Crippen LogP contribution in [0.5, 0.6) is 0 Å². The van der Waals surface area contributed by atoms with Crippen LogP contribution in [-0.4, -0.2) is 58.1 Å². The first-order valence-corrected chi connectivity index (χ1v) is 11.7. The molecule has 1 aliphatic heterocycles.